The van der Waals surface area contributed by atoms with Gasteiger partial charge in [0.1, 0.15) is 11.6 Å². The summed E-state index contributed by atoms with van der Waals surface area (Å²) in [7, 11) is 1.73. The van der Waals surface area contributed by atoms with Gasteiger partial charge in [-0.2, -0.15) is 0 Å². The number of nitrogens with zero attached hydrogens (tertiary/aromatic N) is 1. The van der Waals surface area contributed by atoms with Crippen molar-refractivity contribution in [3.63, 3.8) is 0 Å². The number of rotatable bonds is 3. The van der Waals surface area contributed by atoms with Crippen LogP contribution < -0.4 is 15.0 Å². The van der Waals surface area contributed by atoms with E-state index in [0.717, 1.165) is 16.9 Å². The zero-order valence-corrected chi connectivity index (χ0v) is 11.6. The second-order valence-electron chi connectivity index (χ2n) is 4.90. The molecule has 2 aromatic carbocycles. The summed E-state index contributed by atoms with van der Waals surface area (Å²) in [4.78, 5) is 13.1. The fourth-order valence-electron chi connectivity index (χ4n) is 2.19. The fourth-order valence-corrected chi connectivity index (χ4v) is 2.19. The Kier molecular flexibility index (Phi) is 3.48. The number of anilines is 2. The predicted molar refractivity (Wildman–Crippen MR) is 79.1 cm³/mol. The van der Waals surface area contributed by atoms with Gasteiger partial charge in [-0.1, -0.05) is 12.1 Å². The van der Waals surface area contributed by atoms with Crippen LogP contribution in [-0.4, -0.2) is 19.6 Å². The molecule has 0 unspecified atom stereocenters. The Balaban J connectivity index is 1.72. The zero-order valence-electron chi connectivity index (χ0n) is 11.6. The molecule has 0 fully saturated rings. The van der Waals surface area contributed by atoms with Crippen molar-refractivity contribution in [2.24, 2.45) is 0 Å². The molecule has 5 heteroatoms. The molecule has 4 nitrogen and oxygen atoms in total. The Morgan fingerprint density at radius 1 is 1.24 bits per heavy atom. The number of hydrogen-bond acceptors (Lipinski definition) is 3. The molecule has 1 N–H and O–H groups in total. The number of carbonyl (C=O) groups is 1. The first-order chi connectivity index (χ1) is 10.1. The van der Waals surface area contributed by atoms with Gasteiger partial charge in [-0.3, -0.25) is 4.79 Å². The Labute approximate surface area is 122 Å². The van der Waals surface area contributed by atoms with E-state index in [-0.39, 0.29) is 18.3 Å². The summed E-state index contributed by atoms with van der Waals surface area (Å²) < 4.78 is 18.3. The van der Waals surface area contributed by atoms with E-state index in [1.807, 2.05) is 18.2 Å². The molecule has 108 valence electrons. The third kappa shape index (κ3) is 2.81. The Bertz CT molecular complexity index is 670. The molecule has 0 saturated heterocycles. The number of ether oxygens (including phenoxy) is 1. The van der Waals surface area contributed by atoms with Gasteiger partial charge in [-0.05, 0) is 29.8 Å². The van der Waals surface area contributed by atoms with Crippen molar-refractivity contribution in [2.75, 3.05) is 23.9 Å². The number of amides is 1. The van der Waals surface area contributed by atoms with Gasteiger partial charge in [-0.15, -0.1) is 0 Å². The average Bonchev–Trinajstić information content (AvgIpc) is 2.50. The maximum atomic E-state index is 12.8. The lowest BCUT2D eigenvalue weighted by atomic mass is 10.2. The summed E-state index contributed by atoms with van der Waals surface area (Å²) in [5, 5.41) is 3.25. The van der Waals surface area contributed by atoms with Crippen LogP contribution in [0.25, 0.3) is 0 Å². The first kappa shape index (κ1) is 13.4. The van der Waals surface area contributed by atoms with Crippen molar-refractivity contribution in [1.82, 2.24) is 0 Å². The van der Waals surface area contributed by atoms with Crippen LogP contribution in [0.3, 0.4) is 0 Å². The number of halogens is 1. The highest BCUT2D eigenvalue weighted by molar-refractivity contribution is 5.97. The van der Waals surface area contributed by atoms with E-state index in [1.54, 1.807) is 24.1 Å². The molecule has 0 spiro atoms. The maximum Gasteiger partial charge on any atom is 0.264 e. The lowest BCUT2D eigenvalue weighted by molar-refractivity contribution is -0.120. The van der Waals surface area contributed by atoms with Crippen LogP contribution in [0.4, 0.5) is 15.8 Å². The van der Waals surface area contributed by atoms with Crippen LogP contribution in [0, 0.1) is 5.82 Å². The Morgan fingerprint density at radius 3 is 2.76 bits per heavy atom. The molecule has 0 bridgehead atoms. The maximum absolute atomic E-state index is 12.8. The number of benzene rings is 2. The highest BCUT2D eigenvalue weighted by Crippen LogP contribution is 2.33. The van der Waals surface area contributed by atoms with Crippen molar-refractivity contribution in [3.8, 4) is 5.75 Å². The van der Waals surface area contributed by atoms with Crippen LogP contribution in [-0.2, 0) is 11.3 Å². The molecular weight excluding hydrogens is 271 g/mol. The van der Waals surface area contributed by atoms with Gasteiger partial charge in [-0.25, -0.2) is 4.39 Å². The third-order valence-corrected chi connectivity index (χ3v) is 3.46. The summed E-state index contributed by atoms with van der Waals surface area (Å²) in [6, 6.07) is 12.0. The third-order valence-electron chi connectivity index (χ3n) is 3.46. The Hall–Kier alpha value is -2.56. The summed E-state index contributed by atoms with van der Waals surface area (Å²) in [5.41, 5.74) is 2.64. The molecule has 1 aliphatic rings. The highest BCUT2D eigenvalue weighted by Gasteiger charge is 2.22. The van der Waals surface area contributed by atoms with Crippen LogP contribution >= 0.6 is 0 Å². The minimum absolute atomic E-state index is 0.0604. The van der Waals surface area contributed by atoms with Gasteiger partial charge in [0.05, 0.1) is 5.69 Å². The van der Waals surface area contributed by atoms with Gasteiger partial charge in [0, 0.05) is 25.3 Å². The van der Waals surface area contributed by atoms with E-state index >= 15 is 0 Å². The second-order valence-corrected chi connectivity index (χ2v) is 4.90. The van der Waals surface area contributed by atoms with Gasteiger partial charge < -0.3 is 15.0 Å². The van der Waals surface area contributed by atoms with E-state index in [4.69, 9.17) is 4.74 Å². The number of hydrogen-bond donors (Lipinski definition) is 1. The fraction of sp³-hybridized carbons (Fsp3) is 0.188. The van der Waals surface area contributed by atoms with Crippen LogP contribution in [0.15, 0.2) is 42.5 Å². The largest absolute Gasteiger partial charge is 0.481 e. The number of fused-ring (bicyclic) bond motifs is 1. The van der Waals surface area contributed by atoms with Gasteiger partial charge in [0.15, 0.2) is 6.61 Å². The SMILES string of the molecule is CN1C(=O)COc2cc(NCc3ccc(F)cc3)ccc21. The zero-order chi connectivity index (χ0) is 14.8. The molecule has 1 aliphatic heterocycles. The van der Waals surface area contributed by atoms with Crippen molar-refractivity contribution in [3.05, 3.63) is 53.8 Å². The van der Waals surface area contributed by atoms with Gasteiger partial charge in [0.25, 0.3) is 5.91 Å². The van der Waals surface area contributed by atoms with Crippen molar-refractivity contribution >= 4 is 17.3 Å². The normalized spacial score (nSPS) is 13.6. The van der Waals surface area contributed by atoms with Crippen LogP contribution in [0.1, 0.15) is 5.56 Å². The molecule has 0 aliphatic carbocycles. The van der Waals surface area contributed by atoms with Crippen molar-refractivity contribution < 1.29 is 13.9 Å². The van der Waals surface area contributed by atoms with E-state index < -0.39 is 0 Å². The van der Waals surface area contributed by atoms with Gasteiger partial charge in [0.2, 0.25) is 0 Å². The topological polar surface area (TPSA) is 41.6 Å². The number of likely N-dealkylation sites (N-methyl/N-ethyl adjacent to an activating group) is 1. The summed E-state index contributed by atoms with van der Waals surface area (Å²) in [6.07, 6.45) is 0. The van der Waals surface area contributed by atoms with Crippen LogP contribution in [0.5, 0.6) is 5.75 Å². The molecule has 1 heterocycles. The lowest BCUT2D eigenvalue weighted by Gasteiger charge is -2.26. The summed E-state index contributed by atoms with van der Waals surface area (Å²) >= 11 is 0. The van der Waals surface area contributed by atoms with E-state index in [1.165, 1.54) is 12.1 Å². The van der Waals surface area contributed by atoms with E-state index in [2.05, 4.69) is 5.32 Å². The monoisotopic (exact) mass is 286 g/mol. The molecular formula is C16H15FN2O2. The summed E-state index contributed by atoms with van der Waals surface area (Å²) in [6.45, 7) is 0.652. The quantitative estimate of drug-likeness (QED) is 0.943. The lowest BCUT2D eigenvalue weighted by Crippen LogP contribution is -2.35. The molecule has 0 atom stereocenters. The first-order valence-electron chi connectivity index (χ1n) is 6.65. The van der Waals surface area contributed by atoms with Gasteiger partial charge >= 0.3 is 0 Å². The van der Waals surface area contributed by atoms with E-state index in [0.29, 0.717) is 12.3 Å². The smallest absolute Gasteiger partial charge is 0.264 e. The standard InChI is InChI=1S/C16H15FN2O2/c1-19-14-7-6-13(8-15(14)21-10-16(19)20)18-9-11-2-4-12(17)5-3-11/h2-8,18H,9-10H2,1H3. The molecule has 0 radical (unpaired) electrons. The molecule has 21 heavy (non-hydrogen) atoms. The average molecular weight is 286 g/mol. The molecule has 1 amide bonds. The minimum Gasteiger partial charge on any atom is -0.481 e. The minimum atomic E-state index is -0.242. The molecule has 0 saturated carbocycles. The number of nitrogens with one attached hydrogen (secondary N) is 1. The first-order valence-corrected chi connectivity index (χ1v) is 6.65. The predicted octanol–water partition coefficient (Wildman–Crippen LogP) is 2.79. The van der Waals surface area contributed by atoms with Crippen LogP contribution in [0.2, 0.25) is 0 Å². The molecule has 0 aromatic heterocycles. The highest BCUT2D eigenvalue weighted by atomic mass is 19.1. The summed E-state index contributed by atoms with van der Waals surface area (Å²) in [5.74, 6) is 0.379. The van der Waals surface area contributed by atoms with Crippen molar-refractivity contribution in [1.29, 1.82) is 0 Å². The molecule has 3 rings (SSSR count). The van der Waals surface area contributed by atoms with E-state index in [9.17, 15) is 9.18 Å². The second kappa shape index (κ2) is 5.44. The Morgan fingerprint density at radius 2 is 2.00 bits per heavy atom. The number of carbonyl (C=O) groups excluding carboxylic acids is 1. The molecule has 2 aromatic rings. The van der Waals surface area contributed by atoms with Crippen molar-refractivity contribution in [2.45, 2.75) is 6.54 Å².